The van der Waals surface area contributed by atoms with Gasteiger partial charge in [0.25, 0.3) is 0 Å². The minimum absolute atomic E-state index is 0.188. The first kappa shape index (κ1) is 21.1. The molecule has 4 nitrogen and oxygen atoms in total. The van der Waals surface area contributed by atoms with Crippen molar-refractivity contribution in [2.45, 2.75) is 77.7 Å². The summed E-state index contributed by atoms with van der Waals surface area (Å²) in [5.41, 5.74) is 0. The van der Waals surface area contributed by atoms with E-state index in [1.165, 1.54) is 58.3 Å². The summed E-state index contributed by atoms with van der Waals surface area (Å²) in [5, 5.41) is 9.00. The van der Waals surface area contributed by atoms with Gasteiger partial charge in [0, 0.05) is 13.5 Å². The number of aliphatic hydroxyl groups is 1. The number of unbranched alkanes of at least 4 members (excludes halogenated alkanes) is 7. The van der Waals surface area contributed by atoms with Crippen molar-refractivity contribution >= 4 is 5.97 Å². The number of carbonyl (C=O) groups excluding carboxylic acids is 1. The van der Waals surface area contributed by atoms with Gasteiger partial charge in [-0.2, -0.15) is 0 Å². The molecule has 130 valence electrons. The zero-order valence-corrected chi connectivity index (χ0v) is 14.4. The Morgan fingerprint density at radius 2 is 1.68 bits per heavy atom. The lowest BCUT2D eigenvalue weighted by Gasteiger charge is -2.14. The van der Waals surface area contributed by atoms with Crippen molar-refractivity contribution in [1.29, 1.82) is 0 Å². The molecule has 0 bridgehead atoms. The predicted octanol–water partition coefficient (Wildman–Crippen LogP) is 4.01. The maximum Gasteiger partial charge on any atom is 0.303 e. The van der Waals surface area contributed by atoms with Crippen molar-refractivity contribution in [1.82, 2.24) is 0 Å². The third-order valence-electron chi connectivity index (χ3n) is 3.37. The molecule has 0 amide bonds. The first-order valence-electron chi connectivity index (χ1n) is 8.71. The summed E-state index contributed by atoms with van der Waals surface area (Å²) in [5.74, 6) is -0.382. The van der Waals surface area contributed by atoms with Crippen molar-refractivity contribution < 1.29 is 19.4 Å². The SMILES string of the molecule is CCC/C=C\CCCCCCCCOCC(CO)OC(C)=O. The van der Waals surface area contributed by atoms with E-state index in [4.69, 9.17) is 14.6 Å². The van der Waals surface area contributed by atoms with Gasteiger partial charge in [0.15, 0.2) is 0 Å². The Hall–Kier alpha value is -0.870. The number of esters is 1. The van der Waals surface area contributed by atoms with Crippen LogP contribution in [0.2, 0.25) is 0 Å². The van der Waals surface area contributed by atoms with Crippen LogP contribution in [0.15, 0.2) is 12.2 Å². The van der Waals surface area contributed by atoms with Crippen molar-refractivity contribution in [2.24, 2.45) is 0 Å². The van der Waals surface area contributed by atoms with E-state index in [9.17, 15) is 4.79 Å². The molecule has 0 aromatic rings. The van der Waals surface area contributed by atoms with E-state index >= 15 is 0 Å². The minimum atomic E-state index is -0.529. The van der Waals surface area contributed by atoms with Crippen LogP contribution in [0.3, 0.4) is 0 Å². The van der Waals surface area contributed by atoms with E-state index < -0.39 is 6.10 Å². The highest BCUT2D eigenvalue weighted by molar-refractivity contribution is 5.66. The summed E-state index contributed by atoms with van der Waals surface area (Å²) >= 11 is 0. The first-order valence-corrected chi connectivity index (χ1v) is 8.71. The maximum atomic E-state index is 10.8. The highest BCUT2D eigenvalue weighted by Crippen LogP contribution is 2.08. The van der Waals surface area contributed by atoms with E-state index in [2.05, 4.69) is 19.1 Å². The largest absolute Gasteiger partial charge is 0.458 e. The molecule has 1 atom stereocenters. The first-order chi connectivity index (χ1) is 10.7. The van der Waals surface area contributed by atoms with E-state index in [0.29, 0.717) is 6.61 Å². The molecule has 0 heterocycles. The number of hydrogen-bond acceptors (Lipinski definition) is 4. The highest BCUT2D eigenvalue weighted by Gasteiger charge is 2.10. The molecule has 0 saturated heterocycles. The Kier molecular flexibility index (Phi) is 15.8. The number of aliphatic hydroxyl groups excluding tert-OH is 1. The Morgan fingerprint density at radius 1 is 1.05 bits per heavy atom. The Balaban J connectivity index is 3.24. The molecule has 0 radical (unpaired) electrons. The standard InChI is InChI=1S/C18H34O4/c1-3-4-5-6-7-8-9-10-11-12-13-14-21-16-18(15-19)22-17(2)20/h5-6,18-19H,3-4,7-16H2,1-2H3/b6-5-. The third kappa shape index (κ3) is 15.5. The Labute approximate surface area is 135 Å². The van der Waals surface area contributed by atoms with Gasteiger partial charge in [0.2, 0.25) is 0 Å². The summed E-state index contributed by atoms with van der Waals surface area (Å²) in [4.78, 5) is 10.8. The number of ether oxygens (including phenoxy) is 2. The number of carbonyl (C=O) groups is 1. The zero-order valence-electron chi connectivity index (χ0n) is 14.4. The fourth-order valence-electron chi connectivity index (χ4n) is 2.15. The molecule has 0 saturated carbocycles. The van der Waals surface area contributed by atoms with Crippen LogP contribution in [0.5, 0.6) is 0 Å². The smallest absolute Gasteiger partial charge is 0.303 e. The molecule has 0 aliphatic rings. The molecule has 1 unspecified atom stereocenters. The van der Waals surface area contributed by atoms with Gasteiger partial charge in [-0.3, -0.25) is 4.79 Å². The van der Waals surface area contributed by atoms with Crippen molar-refractivity contribution in [2.75, 3.05) is 19.8 Å². The van der Waals surface area contributed by atoms with Crippen molar-refractivity contribution in [3.05, 3.63) is 12.2 Å². The minimum Gasteiger partial charge on any atom is -0.458 e. The Bertz CT molecular complexity index is 276. The molecule has 0 fully saturated rings. The van der Waals surface area contributed by atoms with E-state index in [1.807, 2.05) is 0 Å². The van der Waals surface area contributed by atoms with E-state index in [-0.39, 0.29) is 19.2 Å². The van der Waals surface area contributed by atoms with Gasteiger partial charge < -0.3 is 14.6 Å². The van der Waals surface area contributed by atoms with Crippen molar-refractivity contribution in [3.63, 3.8) is 0 Å². The van der Waals surface area contributed by atoms with Crippen LogP contribution in [-0.2, 0) is 14.3 Å². The van der Waals surface area contributed by atoms with Gasteiger partial charge in [-0.25, -0.2) is 0 Å². The van der Waals surface area contributed by atoms with Crippen LogP contribution in [-0.4, -0.2) is 37.0 Å². The average Bonchev–Trinajstić information content (AvgIpc) is 2.50. The van der Waals surface area contributed by atoms with Gasteiger partial charge in [-0.15, -0.1) is 0 Å². The van der Waals surface area contributed by atoms with E-state index in [0.717, 1.165) is 6.42 Å². The van der Waals surface area contributed by atoms with Gasteiger partial charge in [0.05, 0.1) is 13.2 Å². The van der Waals surface area contributed by atoms with Crippen LogP contribution in [0.25, 0.3) is 0 Å². The monoisotopic (exact) mass is 314 g/mol. The molecule has 22 heavy (non-hydrogen) atoms. The van der Waals surface area contributed by atoms with E-state index in [1.54, 1.807) is 0 Å². The van der Waals surface area contributed by atoms with Crippen molar-refractivity contribution in [3.8, 4) is 0 Å². The fourth-order valence-corrected chi connectivity index (χ4v) is 2.15. The molecule has 0 spiro atoms. The Morgan fingerprint density at radius 3 is 2.32 bits per heavy atom. The maximum absolute atomic E-state index is 10.8. The summed E-state index contributed by atoms with van der Waals surface area (Å²) in [7, 11) is 0. The molecule has 4 heteroatoms. The molecular formula is C18H34O4. The fraction of sp³-hybridized carbons (Fsp3) is 0.833. The average molecular weight is 314 g/mol. The second-order valence-electron chi connectivity index (χ2n) is 5.66. The lowest BCUT2D eigenvalue weighted by atomic mass is 10.1. The molecule has 0 aliphatic carbocycles. The normalized spacial score (nSPS) is 12.7. The summed E-state index contributed by atoms with van der Waals surface area (Å²) in [6.07, 6.45) is 15.0. The second kappa shape index (κ2) is 16.5. The van der Waals surface area contributed by atoms with Gasteiger partial charge >= 0.3 is 5.97 Å². The third-order valence-corrected chi connectivity index (χ3v) is 3.37. The van der Waals surface area contributed by atoms with Crippen LogP contribution in [0.4, 0.5) is 0 Å². The van der Waals surface area contributed by atoms with Crippen LogP contribution >= 0.6 is 0 Å². The highest BCUT2D eigenvalue weighted by atomic mass is 16.6. The topological polar surface area (TPSA) is 55.8 Å². The van der Waals surface area contributed by atoms with Gasteiger partial charge in [-0.05, 0) is 25.7 Å². The predicted molar refractivity (Wildman–Crippen MR) is 89.8 cm³/mol. The second-order valence-corrected chi connectivity index (χ2v) is 5.66. The number of hydrogen-bond donors (Lipinski definition) is 1. The molecule has 0 aliphatic heterocycles. The molecular weight excluding hydrogens is 280 g/mol. The van der Waals surface area contributed by atoms with Gasteiger partial charge in [-0.1, -0.05) is 51.2 Å². The van der Waals surface area contributed by atoms with Gasteiger partial charge in [0.1, 0.15) is 6.10 Å². The lowest BCUT2D eigenvalue weighted by Crippen LogP contribution is -2.26. The summed E-state index contributed by atoms with van der Waals surface area (Å²) < 4.78 is 10.3. The number of allylic oxidation sites excluding steroid dienone is 2. The quantitative estimate of drug-likeness (QED) is 0.282. The molecule has 0 rings (SSSR count). The molecule has 1 N–H and O–H groups in total. The zero-order chi connectivity index (χ0) is 16.5. The lowest BCUT2D eigenvalue weighted by molar-refractivity contribution is -0.152. The summed E-state index contributed by atoms with van der Waals surface area (Å²) in [6.45, 7) is 4.29. The summed E-state index contributed by atoms with van der Waals surface area (Å²) in [6, 6.07) is 0. The number of rotatable bonds is 15. The molecule has 0 aromatic carbocycles. The molecule has 0 aromatic heterocycles. The van der Waals surface area contributed by atoms with Crippen LogP contribution < -0.4 is 0 Å². The van der Waals surface area contributed by atoms with Crippen LogP contribution in [0, 0.1) is 0 Å². The van der Waals surface area contributed by atoms with Crippen LogP contribution in [0.1, 0.15) is 71.6 Å².